The lowest BCUT2D eigenvalue weighted by Crippen LogP contribution is -2.34. The first-order valence-electron chi connectivity index (χ1n) is 10.1. The molecule has 128 valence electrons. The van der Waals surface area contributed by atoms with Gasteiger partial charge in [0.2, 0.25) is 0 Å². The largest absolute Gasteiger partial charge is 0.0654 e. The minimum absolute atomic E-state index is 0.688. The van der Waals surface area contributed by atoms with E-state index in [9.17, 15) is 0 Å². The summed E-state index contributed by atoms with van der Waals surface area (Å²) in [7, 11) is 0. The Morgan fingerprint density at radius 2 is 1.10 bits per heavy atom. The van der Waals surface area contributed by atoms with Crippen LogP contribution in [0.4, 0.5) is 0 Å². The fourth-order valence-electron chi connectivity index (χ4n) is 3.31. The summed E-state index contributed by atoms with van der Waals surface area (Å²) in [6.07, 6.45) is 20.2. The van der Waals surface area contributed by atoms with Crippen molar-refractivity contribution in [3.63, 3.8) is 0 Å². The van der Waals surface area contributed by atoms with Gasteiger partial charge in [0.1, 0.15) is 0 Å². The molecule has 1 saturated carbocycles. The Hall–Kier alpha value is 0. The SMILES string of the molecule is CCCCCC1CCC1(C)C.CCCCCCCCCC. The van der Waals surface area contributed by atoms with Crippen LogP contribution in [0.25, 0.3) is 0 Å². The van der Waals surface area contributed by atoms with Crippen molar-refractivity contribution in [2.75, 3.05) is 0 Å². The van der Waals surface area contributed by atoms with Crippen molar-refractivity contribution < 1.29 is 0 Å². The van der Waals surface area contributed by atoms with E-state index >= 15 is 0 Å². The van der Waals surface area contributed by atoms with E-state index < -0.39 is 0 Å². The normalized spacial score (nSPS) is 19.6. The fraction of sp³-hybridized carbons (Fsp3) is 1.00. The second-order valence-corrected chi connectivity index (χ2v) is 7.84. The van der Waals surface area contributed by atoms with Gasteiger partial charge in [0.15, 0.2) is 0 Å². The van der Waals surface area contributed by atoms with E-state index in [1.165, 1.54) is 89.9 Å². The molecule has 0 bridgehead atoms. The van der Waals surface area contributed by atoms with Crippen LogP contribution in [0, 0.1) is 11.3 Å². The van der Waals surface area contributed by atoms with E-state index in [4.69, 9.17) is 0 Å². The van der Waals surface area contributed by atoms with E-state index in [1.54, 1.807) is 0 Å². The average Bonchev–Trinajstić information content (AvgIpc) is 2.47. The van der Waals surface area contributed by atoms with Crippen molar-refractivity contribution in [2.45, 2.75) is 125 Å². The molecule has 0 aromatic heterocycles. The highest BCUT2D eigenvalue weighted by atomic mass is 14.4. The Labute approximate surface area is 136 Å². The zero-order valence-electron chi connectivity index (χ0n) is 16.0. The van der Waals surface area contributed by atoms with Gasteiger partial charge in [-0.25, -0.2) is 0 Å². The monoisotopic (exact) mass is 296 g/mol. The van der Waals surface area contributed by atoms with Crippen molar-refractivity contribution in [1.82, 2.24) is 0 Å². The summed E-state index contributed by atoms with van der Waals surface area (Å²) >= 11 is 0. The van der Waals surface area contributed by atoms with Crippen LogP contribution in [0.15, 0.2) is 0 Å². The lowest BCUT2D eigenvalue weighted by Gasteiger charge is -2.45. The van der Waals surface area contributed by atoms with E-state index in [0.717, 1.165) is 5.92 Å². The minimum Gasteiger partial charge on any atom is -0.0654 e. The highest BCUT2D eigenvalue weighted by Gasteiger charge is 2.37. The van der Waals surface area contributed by atoms with Crippen LogP contribution >= 0.6 is 0 Å². The van der Waals surface area contributed by atoms with Crippen molar-refractivity contribution in [3.8, 4) is 0 Å². The van der Waals surface area contributed by atoms with Crippen LogP contribution in [0.3, 0.4) is 0 Å². The molecule has 0 aromatic rings. The smallest absolute Gasteiger partial charge is 0.0326 e. The Morgan fingerprint density at radius 3 is 1.43 bits per heavy atom. The third-order valence-electron chi connectivity index (χ3n) is 5.36. The highest BCUT2D eigenvalue weighted by Crippen LogP contribution is 2.48. The summed E-state index contributed by atoms with van der Waals surface area (Å²) < 4.78 is 0. The topological polar surface area (TPSA) is 0 Å². The standard InChI is InChI=1S/C11H22.C10H22/c1-4-5-6-7-10-8-9-11(10,2)3;1-3-5-7-9-10-8-6-4-2/h10H,4-9H2,1-3H3;3-10H2,1-2H3. The molecule has 1 rings (SSSR count). The lowest BCUT2D eigenvalue weighted by atomic mass is 9.61. The molecular weight excluding hydrogens is 252 g/mol. The molecular formula is C21H44. The molecule has 0 spiro atoms. The van der Waals surface area contributed by atoms with Crippen molar-refractivity contribution in [1.29, 1.82) is 0 Å². The lowest BCUT2D eigenvalue weighted by molar-refractivity contribution is 0.0624. The molecule has 0 heteroatoms. The van der Waals surface area contributed by atoms with Gasteiger partial charge < -0.3 is 0 Å². The van der Waals surface area contributed by atoms with Crippen LogP contribution in [0.2, 0.25) is 0 Å². The van der Waals surface area contributed by atoms with Crippen LogP contribution in [-0.4, -0.2) is 0 Å². The summed E-state index contributed by atoms with van der Waals surface area (Å²) in [5, 5.41) is 0. The van der Waals surface area contributed by atoms with Crippen molar-refractivity contribution >= 4 is 0 Å². The molecule has 1 aliphatic rings. The Morgan fingerprint density at radius 1 is 0.667 bits per heavy atom. The number of hydrogen-bond acceptors (Lipinski definition) is 0. The Balaban J connectivity index is 0.000000384. The van der Waals surface area contributed by atoms with Gasteiger partial charge in [-0.15, -0.1) is 0 Å². The van der Waals surface area contributed by atoms with Gasteiger partial charge in [0, 0.05) is 0 Å². The zero-order valence-corrected chi connectivity index (χ0v) is 16.0. The molecule has 1 fully saturated rings. The predicted molar refractivity (Wildman–Crippen MR) is 98.9 cm³/mol. The third-order valence-corrected chi connectivity index (χ3v) is 5.36. The molecule has 1 atom stereocenters. The molecule has 0 heterocycles. The van der Waals surface area contributed by atoms with Gasteiger partial charge in [0.05, 0.1) is 0 Å². The molecule has 0 nitrogen and oxygen atoms in total. The van der Waals surface area contributed by atoms with E-state index in [-0.39, 0.29) is 0 Å². The van der Waals surface area contributed by atoms with Crippen molar-refractivity contribution in [3.05, 3.63) is 0 Å². The van der Waals surface area contributed by atoms with Gasteiger partial charge in [-0.1, -0.05) is 105 Å². The van der Waals surface area contributed by atoms with E-state index in [1.807, 2.05) is 0 Å². The fourth-order valence-corrected chi connectivity index (χ4v) is 3.31. The number of unbranched alkanes of at least 4 members (excludes halogenated alkanes) is 9. The van der Waals surface area contributed by atoms with E-state index in [2.05, 4.69) is 34.6 Å². The first kappa shape index (κ1) is 21.0. The zero-order chi connectivity index (χ0) is 16.0. The summed E-state index contributed by atoms with van der Waals surface area (Å²) in [5.41, 5.74) is 0.688. The molecule has 0 aliphatic heterocycles. The van der Waals surface area contributed by atoms with E-state index in [0.29, 0.717) is 5.41 Å². The summed E-state index contributed by atoms with van der Waals surface area (Å²) in [5.74, 6) is 1.05. The number of rotatable bonds is 11. The molecule has 0 saturated heterocycles. The minimum atomic E-state index is 0.688. The molecule has 21 heavy (non-hydrogen) atoms. The summed E-state index contributed by atoms with van der Waals surface area (Å²) in [6, 6.07) is 0. The molecule has 1 aliphatic carbocycles. The second kappa shape index (κ2) is 13.6. The molecule has 0 amide bonds. The first-order valence-corrected chi connectivity index (χ1v) is 10.1. The maximum Gasteiger partial charge on any atom is -0.0326 e. The Bertz CT molecular complexity index is 196. The van der Waals surface area contributed by atoms with Crippen LogP contribution in [0.5, 0.6) is 0 Å². The van der Waals surface area contributed by atoms with Gasteiger partial charge in [-0.05, 0) is 30.6 Å². The first-order chi connectivity index (χ1) is 10.1. The average molecular weight is 297 g/mol. The maximum absolute atomic E-state index is 2.42. The highest BCUT2D eigenvalue weighted by molar-refractivity contribution is 4.87. The predicted octanol–water partition coefficient (Wildman–Crippen LogP) is 8.15. The molecule has 0 aromatic carbocycles. The van der Waals surface area contributed by atoms with Gasteiger partial charge in [0.25, 0.3) is 0 Å². The van der Waals surface area contributed by atoms with Gasteiger partial charge in [-0.3, -0.25) is 0 Å². The maximum atomic E-state index is 2.42. The Kier molecular flexibility index (Phi) is 13.6. The van der Waals surface area contributed by atoms with Crippen LogP contribution in [0.1, 0.15) is 125 Å². The quantitative estimate of drug-likeness (QED) is 0.337. The molecule has 0 radical (unpaired) electrons. The molecule has 1 unspecified atom stereocenters. The number of hydrogen-bond donors (Lipinski definition) is 0. The molecule has 0 N–H and O–H groups in total. The second-order valence-electron chi connectivity index (χ2n) is 7.84. The van der Waals surface area contributed by atoms with Gasteiger partial charge in [-0.2, -0.15) is 0 Å². The van der Waals surface area contributed by atoms with Crippen LogP contribution in [-0.2, 0) is 0 Å². The summed E-state index contributed by atoms with van der Waals surface area (Å²) in [4.78, 5) is 0. The van der Waals surface area contributed by atoms with Crippen molar-refractivity contribution in [2.24, 2.45) is 11.3 Å². The van der Waals surface area contributed by atoms with Gasteiger partial charge >= 0.3 is 0 Å². The summed E-state index contributed by atoms with van der Waals surface area (Å²) in [6.45, 7) is 11.7. The third kappa shape index (κ3) is 11.2. The van der Waals surface area contributed by atoms with Crippen LogP contribution < -0.4 is 0 Å².